The topological polar surface area (TPSA) is 52.6 Å². The number of methoxy groups -OCH3 is 2. The van der Waals surface area contributed by atoms with Gasteiger partial charge in [0.15, 0.2) is 0 Å². The van der Waals surface area contributed by atoms with Crippen molar-refractivity contribution in [2.75, 3.05) is 14.2 Å². The molecule has 0 fully saturated rings. The Hall–Kier alpha value is -1.84. The van der Waals surface area contributed by atoms with Crippen molar-refractivity contribution in [3.05, 3.63) is 69.6 Å². The predicted octanol–water partition coefficient (Wildman–Crippen LogP) is 0.603. The van der Waals surface area contributed by atoms with Gasteiger partial charge in [-0.25, -0.2) is 0 Å². The van der Waals surface area contributed by atoms with Crippen molar-refractivity contribution < 1.29 is 19.1 Å². The van der Waals surface area contributed by atoms with Gasteiger partial charge in [-0.05, 0) is 0 Å². The van der Waals surface area contributed by atoms with Crippen LogP contribution in [0.4, 0.5) is 0 Å². The molecule has 0 saturated carbocycles. The number of rotatable bonds is 6. The minimum absolute atomic E-state index is 0.339. The van der Waals surface area contributed by atoms with Crippen LogP contribution in [-0.4, -0.2) is 56.1 Å². The van der Waals surface area contributed by atoms with E-state index in [1.807, 2.05) is 60.7 Å². The van der Waals surface area contributed by atoms with Crippen molar-refractivity contribution >= 4 is 50.8 Å². The zero-order valence-corrected chi connectivity index (χ0v) is 16.6. The van der Waals surface area contributed by atoms with Crippen LogP contribution < -0.4 is 8.92 Å². The van der Waals surface area contributed by atoms with Crippen LogP contribution >= 0.6 is 0 Å². The Morgan fingerprint density at radius 2 is 1.00 bits per heavy atom. The molecule has 0 spiro atoms. The van der Waals surface area contributed by atoms with Gasteiger partial charge in [-0.15, -0.1) is 0 Å². The van der Waals surface area contributed by atoms with Crippen LogP contribution in [0.25, 0.3) is 0 Å². The molecule has 0 radical (unpaired) electrons. The van der Waals surface area contributed by atoms with Crippen molar-refractivity contribution in [1.82, 2.24) is 0 Å². The summed E-state index contributed by atoms with van der Waals surface area (Å²) in [5.74, 6) is -0.950. The zero-order valence-electron chi connectivity index (χ0n) is 13.2. The Balaban J connectivity index is 2.46. The van der Waals surface area contributed by atoms with Gasteiger partial charge in [-0.3, -0.25) is 0 Å². The fourth-order valence-electron chi connectivity index (χ4n) is 1.76. The number of hydrogen-bond donors (Lipinski definition) is 0. The van der Waals surface area contributed by atoms with E-state index in [9.17, 15) is 9.59 Å². The molecule has 0 heterocycles. The summed E-state index contributed by atoms with van der Waals surface area (Å²) in [7, 11) is 2.65. The van der Waals surface area contributed by atoms with Gasteiger partial charge in [0.1, 0.15) is 0 Å². The molecule has 124 valence electrons. The molecule has 0 aliphatic carbocycles. The van der Waals surface area contributed by atoms with Gasteiger partial charge in [0, 0.05) is 0 Å². The number of ether oxygens (including phenoxy) is 2. The van der Waals surface area contributed by atoms with E-state index >= 15 is 0 Å². The molecule has 4 nitrogen and oxygen atoms in total. The summed E-state index contributed by atoms with van der Waals surface area (Å²) >= 11 is -0.678. The molecular formula is C18H16O4Se2. The molecule has 0 aromatic heterocycles. The molecule has 0 saturated heterocycles. The first-order chi connectivity index (χ1) is 11.7. The van der Waals surface area contributed by atoms with Gasteiger partial charge in [0.25, 0.3) is 0 Å². The van der Waals surface area contributed by atoms with Crippen molar-refractivity contribution in [3.8, 4) is 0 Å². The quantitative estimate of drug-likeness (QED) is 0.365. The van der Waals surface area contributed by atoms with Crippen LogP contribution in [-0.2, 0) is 19.1 Å². The summed E-state index contributed by atoms with van der Waals surface area (Å²) in [6.07, 6.45) is 0. The first-order valence-corrected chi connectivity index (χ1v) is 10.4. The predicted molar refractivity (Wildman–Crippen MR) is 94.7 cm³/mol. The van der Waals surface area contributed by atoms with Gasteiger partial charge >= 0.3 is 154 Å². The Labute approximate surface area is 153 Å². The van der Waals surface area contributed by atoms with Crippen molar-refractivity contribution in [1.29, 1.82) is 0 Å². The molecule has 0 aliphatic rings. The van der Waals surface area contributed by atoms with E-state index in [1.54, 1.807) is 0 Å². The minimum atomic E-state index is -0.475. The second-order valence-electron chi connectivity index (χ2n) is 4.47. The van der Waals surface area contributed by atoms with Gasteiger partial charge in [0.05, 0.1) is 0 Å². The Bertz CT molecular complexity index is 664. The number of esters is 2. The number of carbonyl (C=O) groups excluding carboxylic acids is 2. The van der Waals surface area contributed by atoms with E-state index in [4.69, 9.17) is 9.47 Å². The van der Waals surface area contributed by atoms with Crippen LogP contribution in [0, 0.1) is 0 Å². The molecule has 0 bridgehead atoms. The van der Waals surface area contributed by atoms with Gasteiger partial charge in [-0.1, -0.05) is 0 Å². The summed E-state index contributed by atoms with van der Waals surface area (Å²) in [5, 5.41) is 0. The van der Waals surface area contributed by atoms with Gasteiger partial charge in [0.2, 0.25) is 0 Å². The molecule has 6 heteroatoms. The van der Waals surface area contributed by atoms with E-state index in [-0.39, 0.29) is 29.9 Å². The monoisotopic (exact) mass is 456 g/mol. The summed E-state index contributed by atoms with van der Waals surface area (Å²) in [6, 6.07) is 19.2. The SMILES string of the molecule is COC(=O)/C([Se]c1ccccc1)=C(\[Se]c1ccccc1)C(=O)OC. The van der Waals surface area contributed by atoms with Crippen molar-refractivity contribution in [3.63, 3.8) is 0 Å². The van der Waals surface area contributed by atoms with Crippen LogP contribution in [0.15, 0.2) is 69.6 Å². The summed E-state index contributed by atoms with van der Waals surface area (Å²) < 4.78 is 12.6. The fraction of sp³-hybridized carbons (Fsp3) is 0.111. The van der Waals surface area contributed by atoms with Gasteiger partial charge < -0.3 is 0 Å². The Kier molecular flexibility index (Phi) is 7.29. The number of hydrogen-bond acceptors (Lipinski definition) is 4. The molecule has 24 heavy (non-hydrogen) atoms. The third-order valence-electron chi connectivity index (χ3n) is 2.87. The fourth-order valence-corrected chi connectivity index (χ4v) is 6.33. The third kappa shape index (κ3) is 5.08. The molecule has 0 amide bonds. The molecular weight excluding hydrogens is 438 g/mol. The summed E-state index contributed by atoms with van der Waals surface area (Å²) in [5.41, 5.74) is 0. The molecule has 2 aromatic rings. The van der Waals surface area contributed by atoms with E-state index in [0.717, 1.165) is 8.92 Å². The standard InChI is InChI=1S/C18H16O4Se2/c1-21-17(19)15(23-13-9-5-3-6-10-13)16(18(20)22-2)24-14-11-7-4-8-12-14/h3-12H,1-2H3/b16-15+. The molecule has 0 aliphatic heterocycles. The van der Waals surface area contributed by atoms with E-state index in [0.29, 0.717) is 8.94 Å². The van der Waals surface area contributed by atoms with Crippen molar-refractivity contribution in [2.24, 2.45) is 0 Å². The molecule has 0 unspecified atom stereocenters. The Morgan fingerprint density at radius 3 is 1.29 bits per heavy atom. The van der Waals surface area contributed by atoms with Gasteiger partial charge in [-0.2, -0.15) is 0 Å². The second kappa shape index (κ2) is 9.45. The maximum atomic E-state index is 12.3. The van der Waals surface area contributed by atoms with E-state index in [2.05, 4.69) is 0 Å². The first kappa shape index (κ1) is 18.5. The normalized spacial score (nSPS) is 11.4. The molecule has 0 atom stereocenters. The first-order valence-electron chi connectivity index (χ1n) is 7.02. The van der Waals surface area contributed by atoms with E-state index < -0.39 is 11.9 Å². The van der Waals surface area contributed by atoms with Crippen LogP contribution in [0.1, 0.15) is 0 Å². The summed E-state index contributed by atoms with van der Waals surface area (Å²) in [6.45, 7) is 0. The van der Waals surface area contributed by atoms with Crippen LogP contribution in [0.3, 0.4) is 0 Å². The van der Waals surface area contributed by atoms with Crippen molar-refractivity contribution in [2.45, 2.75) is 0 Å². The van der Waals surface area contributed by atoms with Crippen LogP contribution in [0.5, 0.6) is 0 Å². The molecule has 0 N–H and O–H groups in total. The summed E-state index contributed by atoms with van der Waals surface area (Å²) in [4.78, 5) is 24.6. The van der Waals surface area contributed by atoms with Crippen LogP contribution in [0.2, 0.25) is 0 Å². The zero-order chi connectivity index (χ0) is 17.4. The maximum absolute atomic E-state index is 12.3. The average Bonchev–Trinajstić information content (AvgIpc) is 2.65. The molecule has 2 rings (SSSR count). The van der Waals surface area contributed by atoms with E-state index in [1.165, 1.54) is 14.2 Å². The molecule has 2 aromatic carbocycles. The average molecular weight is 454 g/mol. The number of carbonyl (C=O) groups is 2. The third-order valence-corrected chi connectivity index (χ3v) is 8.07. The Morgan fingerprint density at radius 1 is 0.667 bits per heavy atom. The number of benzene rings is 2. The second-order valence-corrected chi connectivity index (χ2v) is 9.02.